The Morgan fingerprint density at radius 1 is 0.155 bits per heavy atom. The summed E-state index contributed by atoms with van der Waals surface area (Å²) >= 11 is 0. The van der Waals surface area contributed by atoms with Gasteiger partial charge >= 0.3 is 71.6 Å². The number of rotatable bonds is 89. The van der Waals surface area contributed by atoms with Crippen molar-refractivity contribution in [3.8, 4) is 0 Å². The zero-order valence-corrected chi connectivity index (χ0v) is 92.9. The van der Waals surface area contributed by atoms with Crippen LogP contribution in [0.5, 0.6) is 0 Å². The molecule has 0 fully saturated rings. The molecule has 43 nitrogen and oxygen atoms in total. The quantitative estimate of drug-likeness (QED) is 0.0329. The lowest BCUT2D eigenvalue weighted by Gasteiger charge is -2.30. The molecule has 6 N–H and O–H groups in total. The third-order valence-corrected chi connectivity index (χ3v) is 24.3. The molecule has 0 aromatic heterocycles. The summed E-state index contributed by atoms with van der Waals surface area (Å²) in [6.07, 6.45) is 5.22. The van der Waals surface area contributed by atoms with Gasteiger partial charge in [0.25, 0.3) is 0 Å². The standard InChI is InChI=1S/C26H50N4O8.C22H44N4O6.2C18H38N4O4.C15H33N3O2/c1-7-27(19-21-29(13-9-23(31)35-3)14-10-24(32)36-4)17-18-28(8-2)20-22-30(15-11-25(33)37-5)16-12-26(34)38-6;1-6-24(15-12-23-11-8-20(27)30-3)16-17-25(7-2)18-19-26(13-9-21(28)31-4)14-10-22(29)32-5;1-5-20(12-9-19)13-14-21(6-2)15-16-22(10-7-17(23)25-3)11-8-18(24)26-4;1-5-21(13-11-19-9-7-17(23)25-3)15-16-22(6-2)14-12-20-10-8-18(24)26-4;1-5-11-17(6-2)13-14-18(7-3)12-10-16-9-8-15(19)20-4/h7-22H2,1-6H3;23H,6-19H2,1-5H3;5-16,19H2,1-4H3;19-20H,5-16H2,1-4H3;16H,5-14H2,1-4H3. The van der Waals surface area contributed by atoms with E-state index in [1.54, 1.807) is 0 Å². The molecule has 0 unspecified atom stereocenters. The van der Waals surface area contributed by atoms with Gasteiger partial charge in [-0.15, -0.1) is 0 Å². The zero-order chi connectivity index (χ0) is 108. The van der Waals surface area contributed by atoms with Gasteiger partial charge in [0, 0.05) is 262 Å². The third-order valence-electron chi connectivity index (χ3n) is 24.3. The third kappa shape index (κ3) is 90.4. The summed E-state index contributed by atoms with van der Waals surface area (Å²) in [5.41, 5.74) is 5.64. The fraction of sp³-hybridized carbons (Fsp3) is 0.879. The first kappa shape index (κ1) is 143. The molecular formula is C99H203N19O24. The molecule has 142 heavy (non-hydrogen) atoms. The van der Waals surface area contributed by atoms with Gasteiger partial charge in [0.2, 0.25) is 0 Å². The maximum Gasteiger partial charge on any atom is 0.306 e. The minimum Gasteiger partial charge on any atom is -0.469 e. The van der Waals surface area contributed by atoms with Crippen LogP contribution in [0, 0.1) is 0 Å². The van der Waals surface area contributed by atoms with Crippen LogP contribution in [-0.2, 0) is 114 Å². The topological polar surface area (TPSA) is 435 Å². The smallest absolute Gasteiger partial charge is 0.306 e. The van der Waals surface area contributed by atoms with E-state index in [-0.39, 0.29) is 97.3 Å². The SMILES string of the molecule is CCCN(CC)CCN(CC)CCNCCC(=O)OC.CCN(CCN(CC)CCN(CCC(=O)OC)CCC(=O)OC)CCN(CCC(=O)OC)CCC(=O)OC.CCN(CCN)CCN(CC)CCN(CCC(=O)OC)CCC(=O)OC.CCN(CCNCCC(=O)OC)CCN(CC)CCN(CCC(=O)OC)CCC(=O)OC.CCN(CCNCCC(=O)OC)CCN(CC)CCNCCC(=O)OC. The molecule has 0 amide bonds. The average molecular weight is 2040 g/mol. The molecule has 0 saturated heterocycles. The second kappa shape index (κ2) is 104. The molecule has 0 atom stereocenters. The highest BCUT2D eigenvalue weighted by Crippen LogP contribution is 2.08. The molecule has 0 spiro atoms. The number of likely N-dealkylation sites (N-methyl/N-ethyl adjacent to an activating group) is 10. The summed E-state index contributed by atoms with van der Waals surface area (Å²) in [6, 6.07) is 0. The van der Waals surface area contributed by atoms with E-state index in [0.29, 0.717) is 136 Å². The average Bonchev–Trinajstić information content (AvgIpc) is 0.919. The number of carbonyl (C=O) groups excluding carboxylic acids is 12. The van der Waals surface area contributed by atoms with Crippen molar-refractivity contribution in [3.05, 3.63) is 0 Å². The van der Waals surface area contributed by atoms with Gasteiger partial charge in [0.15, 0.2) is 0 Å². The Labute approximate surface area is 856 Å². The van der Waals surface area contributed by atoms with E-state index in [9.17, 15) is 57.5 Å². The van der Waals surface area contributed by atoms with Crippen LogP contribution in [0.25, 0.3) is 0 Å². The fourth-order valence-electron chi connectivity index (χ4n) is 14.1. The van der Waals surface area contributed by atoms with Gasteiger partial charge < -0.3 is 152 Å². The molecule has 0 rings (SSSR count). The Morgan fingerprint density at radius 3 is 0.401 bits per heavy atom. The summed E-state index contributed by atoms with van der Waals surface area (Å²) < 4.78 is 56.4. The lowest BCUT2D eigenvalue weighted by molar-refractivity contribution is -0.142. The Morgan fingerprint density at radius 2 is 0.275 bits per heavy atom. The molecular weight excluding hydrogens is 1840 g/mol. The first-order valence-corrected chi connectivity index (χ1v) is 51.8. The van der Waals surface area contributed by atoms with E-state index in [0.717, 1.165) is 242 Å². The molecule has 0 radical (unpaired) electrons. The zero-order valence-electron chi connectivity index (χ0n) is 92.9. The van der Waals surface area contributed by atoms with Crippen LogP contribution in [0.1, 0.15) is 160 Å². The van der Waals surface area contributed by atoms with E-state index >= 15 is 0 Å². The van der Waals surface area contributed by atoms with Crippen LogP contribution in [0.2, 0.25) is 0 Å². The summed E-state index contributed by atoms with van der Waals surface area (Å²) in [5.74, 6) is -2.76. The Bertz CT molecular complexity index is 2900. The van der Waals surface area contributed by atoms with E-state index in [2.05, 4.69) is 185 Å². The van der Waals surface area contributed by atoms with Gasteiger partial charge in [0.1, 0.15) is 0 Å². The first-order valence-electron chi connectivity index (χ1n) is 51.8. The first-order chi connectivity index (χ1) is 68.3. The lowest BCUT2D eigenvalue weighted by atomic mass is 10.3. The van der Waals surface area contributed by atoms with E-state index in [1.165, 1.54) is 98.3 Å². The molecule has 0 heterocycles. The van der Waals surface area contributed by atoms with Crippen molar-refractivity contribution in [1.82, 2.24) is 89.9 Å². The van der Waals surface area contributed by atoms with Crippen LogP contribution in [0.3, 0.4) is 0 Å². The van der Waals surface area contributed by atoms with Crippen molar-refractivity contribution < 1.29 is 114 Å². The largest absolute Gasteiger partial charge is 0.469 e. The molecule has 0 aromatic rings. The number of carbonyl (C=O) groups is 12. The minimum absolute atomic E-state index is 0.150. The second-order valence-electron chi connectivity index (χ2n) is 33.4. The molecule has 0 aliphatic carbocycles. The molecule has 0 aliphatic rings. The number of ether oxygens (including phenoxy) is 12. The Hall–Kier alpha value is -7.12. The second-order valence-corrected chi connectivity index (χ2v) is 33.4. The van der Waals surface area contributed by atoms with Crippen LogP contribution in [-0.4, -0.2) is 559 Å². The monoisotopic (exact) mass is 2040 g/mol. The van der Waals surface area contributed by atoms with Crippen LogP contribution in [0.15, 0.2) is 0 Å². The number of nitrogens with one attached hydrogen (secondary N) is 4. The van der Waals surface area contributed by atoms with Crippen molar-refractivity contribution in [2.75, 3.05) is 419 Å². The highest BCUT2D eigenvalue weighted by atomic mass is 16.6. The molecule has 43 heteroatoms. The summed E-state index contributed by atoms with van der Waals surface area (Å²) in [6.45, 7) is 67.0. The maximum absolute atomic E-state index is 11.6. The van der Waals surface area contributed by atoms with Crippen LogP contribution in [0.4, 0.5) is 0 Å². The van der Waals surface area contributed by atoms with Crippen molar-refractivity contribution in [2.45, 2.75) is 160 Å². The summed E-state index contributed by atoms with van der Waals surface area (Å²) in [5, 5.41) is 13.1. The predicted octanol–water partition coefficient (Wildman–Crippen LogP) is 1.84. The number of nitrogens with zero attached hydrogens (tertiary/aromatic N) is 14. The van der Waals surface area contributed by atoms with Crippen LogP contribution < -0.4 is 27.0 Å². The number of nitrogens with two attached hydrogens (primary N) is 1. The molecule has 0 aromatic carbocycles. The highest BCUT2D eigenvalue weighted by molar-refractivity contribution is 5.73. The maximum atomic E-state index is 11.6. The molecule has 0 bridgehead atoms. The van der Waals surface area contributed by atoms with E-state index in [1.807, 2.05) is 0 Å². The number of hydrogen-bond acceptors (Lipinski definition) is 43. The normalized spacial score (nSPS) is 11.3. The molecule has 0 saturated carbocycles. The van der Waals surface area contributed by atoms with Gasteiger partial charge in [0.05, 0.1) is 162 Å². The van der Waals surface area contributed by atoms with E-state index in [4.69, 9.17) is 43.6 Å². The van der Waals surface area contributed by atoms with Crippen LogP contribution >= 0.6 is 0 Å². The number of methoxy groups -OCH3 is 12. The van der Waals surface area contributed by atoms with Gasteiger partial charge in [-0.1, -0.05) is 76.2 Å². The van der Waals surface area contributed by atoms with Gasteiger partial charge in [-0.25, -0.2) is 0 Å². The van der Waals surface area contributed by atoms with Crippen molar-refractivity contribution in [3.63, 3.8) is 0 Å². The predicted molar refractivity (Wildman–Crippen MR) is 557 cm³/mol. The summed E-state index contributed by atoms with van der Waals surface area (Å²) in [7, 11) is 16.7. The van der Waals surface area contributed by atoms with Gasteiger partial charge in [-0.05, 0) is 78.4 Å². The minimum atomic E-state index is -0.272. The highest BCUT2D eigenvalue weighted by Gasteiger charge is 2.21. The Balaban J connectivity index is -0.000000559. The van der Waals surface area contributed by atoms with Crippen molar-refractivity contribution in [2.24, 2.45) is 5.73 Å². The van der Waals surface area contributed by atoms with Gasteiger partial charge in [-0.3, -0.25) is 57.5 Å². The lowest BCUT2D eigenvalue weighted by Crippen LogP contribution is -2.43. The van der Waals surface area contributed by atoms with Gasteiger partial charge in [-0.2, -0.15) is 0 Å². The van der Waals surface area contributed by atoms with Crippen molar-refractivity contribution >= 4 is 71.6 Å². The molecule has 0 aliphatic heterocycles. The fourth-order valence-corrected chi connectivity index (χ4v) is 14.1. The van der Waals surface area contributed by atoms with Crippen molar-refractivity contribution in [1.29, 1.82) is 0 Å². The Kier molecular flexibility index (Phi) is 105. The number of esters is 12. The number of hydrogen-bond donors (Lipinski definition) is 5. The summed E-state index contributed by atoms with van der Waals surface area (Å²) in [4.78, 5) is 169. The molecule has 838 valence electrons. The van der Waals surface area contributed by atoms with E-state index < -0.39 is 0 Å².